The third kappa shape index (κ3) is 4.91. The second-order valence-electron chi connectivity index (χ2n) is 5.37. The summed E-state index contributed by atoms with van der Waals surface area (Å²) in [5.74, 6) is 2.76. The van der Waals surface area contributed by atoms with E-state index < -0.39 is 10.8 Å². The fourth-order valence-corrected chi connectivity index (χ4v) is 3.87. The van der Waals surface area contributed by atoms with Crippen molar-refractivity contribution < 1.29 is 8.95 Å². The first-order valence-corrected chi connectivity index (χ1v) is 8.67. The molecule has 4 heteroatoms. The molecule has 0 heterocycles. The first-order valence-electron chi connectivity index (χ1n) is 7.18. The molecule has 3 atom stereocenters. The molecule has 0 aromatic heterocycles. The minimum atomic E-state index is -0.815. The Bertz CT molecular complexity index is 448. The first-order chi connectivity index (χ1) is 9.51. The van der Waals surface area contributed by atoms with Crippen molar-refractivity contribution in [1.82, 2.24) is 5.32 Å². The predicted octanol–water partition coefficient (Wildman–Crippen LogP) is 3.06. The van der Waals surface area contributed by atoms with Gasteiger partial charge in [-0.1, -0.05) is 38.0 Å². The number of nitrogens with one attached hydrogen (secondary N) is 1. The van der Waals surface area contributed by atoms with Crippen LogP contribution >= 0.6 is 0 Å². The third-order valence-electron chi connectivity index (χ3n) is 3.63. The molecule has 20 heavy (non-hydrogen) atoms. The number of hydrogen-bond donors (Lipinski definition) is 1. The first kappa shape index (κ1) is 17.2. The minimum Gasteiger partial charge on any atom is -0.496 e. The monoisotopic (exact) mass is 297 g/mol. The van der Waals surface area contributed by atoms with Gasteiger partial charge in [0.25, 0.3) is 0 Å². The summed E-state index contributed by atoms with van der Waals surface area (Å²) in [6, 6.07) is 6.19. The Morgan fingerprint density at radius 3 is 2.60 bits per heavy atom. The number of methoxy groups -OCH3 is 1. The average Bonchev–Trinajstić information content (AvgIpc) is 2.44. The Hall–Kier alpha value is -0.870. The Kier molecular flexibility index (Phi) is 7.24. The predicted molar refractivity (Wildman–Crippen MR) is 86.9 cm³/mol. The average molecular weight is 297 g/mol. The maximum atomic E-state index is 12.3. The number of hydrogen-bond acceptors (Lipinski definition) is 3. The zero-order valence-electron chi connectivity index (χ0n) is 13.2. The smallest absolute Gasteiger partial charge is 0.123 e. The summed E-state index contributed by atoms with van der Waals surface area (Å²) in [5.41, 5.74) is 2.28. The van der Waals surface area contributed by atoms with Crippen molar-refractivity contribution in [2.75, 3.05) is 25.7 Å². The van der Waals surface area contributed by atoms with E-state index in [1.54, 1.807) is 7.11 Å². The van der Waals surface area contributed by atoms with Gasteiger partial charge >= 0.3 is 0 Å². The second-order valence-corrected chi connectivity index (χ2v) is 6.92. The molecular weight excluding hydrogens is 270 g/mol. The quantitative estimate of drug-likeness (QED) is 0.801. The van der Waals surface area contributed by atoms with Gasteiger partial charge in [-0.25, -0.2) is 0 Å². The second kappa shape index (κ2) is 8.42. The van der Waals surface area contributed by atoms with Gasteiger partial charge in [-0.05, 0) is 26.0 Å². The topological polar surface area (TPSA) is 38.3 Å². The fraction of sp³-hybridized carbons (Fsp3) is 0.625. The normalized spacial score (nSPS) is 15.7. The molecule has 1 aromatic rings. The molecule has 0 fully saturated rings. The molecule has 0 bridgehead atoms. The molecule has 1 N–H and O–H groups in total. The van der Waals surface area contributed by atoms with Crippen LogP contribution in [0.1, 0.15) is 37.4 Å². The van der Waals surface area contributed by atoms with Crippen LogP contribution < -0.4 is 10.1 Å². The molecule has 0 saturated heterocycles. The summed E-state index contributed by atoms with van der Waals surface area (Å²) < 4.78 is 17.7. The van der Waals surface area contributed by atoms with E-state index in [9.17, 15) is 4.21 Å². The number of benzene rings is 1. The van der Waals surface area contributed by atoms with E-state index in [4.69, 9.17) is 4.74 Å². The Balaban J connectivity index is 2.85. The van der Waals surface area contributed by atoms with Gasteiger partial charge in [0, 0.05) is 33.9 Å². The van der Waals surface area contributed by atoms with Crippen molar-refractivity contribution in [3.05, 3.63) is 29.3 Å². The zero-order valence-corrected chi connectivity index (χ0v) is 14.0. The van der Waals surface area contributed by atoms with E-state index in [1.807, 2.05) is 19.2 Å². The lowest BCUT2D eigenvalue weighted by Gasteiger charge is -2.20. The molecular formula is C16H27NO2S. The summed E-state index contributed by atoms with van der Waals surface area (Å²) in [6.07, 6.45) is 1.07. The number of ether oxygens (including phenoxy) is 1. The molecule has 3 nitrogen and oxygen atoms in total. The van der Waals surface area contributed by atoms with Gasteiger partial charge in [-0.2, -0.15) is 0 Å². The zero-order chi connectivity index (χ0) is 15.1. The van der Waals surface area contributed by atoms with Gasteiger partial charge < -0.3 is 10.1 Å². The van der Waals surface area contributed by atoms with Crippen molar-refractivity contribution in [3.63, 3.8) is 0 Å². The summed E-state index contributed by atoms with van der Waals surface area (Å²) in [6.45, 7) is 6.35. The van der Waals surface area contributed by atoms with Gasteiger partial charge in [0.2, 0.25) is 0 Å². The summed E-state index contributed by atoms with van der Waals surface area (Å²) >= 11 is 0. The van der Waals surface area contributed by atoms with Gasteiger partial charge in [0.05, 0.1) is 7.11 Å². The van der Waals surface area contributed by atoms with Crippen LogP contribution in [0.25, 0.3) is 0 Å². The van der Waals surface area contributed by atoms with Gasteiger partial charge in [0.1, 0.15) is 5.75 Å². The molecule has 0 spiro atoms. The third-order valence-corrected chi connectivity index (χ3v) is 5.27. The molecule has 3 unspecified atom stereocenters. The summed E-state index contributed by atoms with van der Waals surface area (Å²) in [4.78, 5) is 0. The molecule has 0 aliphatic carbocycles. The largest absolute Gasteiger partial charge is 0.496 e. The van der Waals surface area contributed by atoms with E-state index >= 15 is 0 Å². The molecule has 114 valence electrons. The van der Waals surface area contributed by atoms with Crippen LogP contribution in [0.2, 0.25) is 0 Å². The maximum absolute atomic E-state index is 12.3. The maximum Gasteiger partial charge on any atom is 0.123 e. The molecule has 0 aliphatic heterocycles. The van der Waals surface area contributed by atoms with Gasteiger partial charge in [-0.3, -0.25) is 4.21 Å². The van der Waals surface area contributed by atoms with Crippen LogP contribution in [-0.2, 0) is 10.8 Å². The number of rotatable bonds is 8. The van der Waals surface area contributed by atoms with Crippen LogP contribution in [0.3, 0.4) is 0 Å². The Morgan fingerprint density at radius 2 is 2.05 bits per heavy atom. The highest BCUT2D eigenvalue weighted by atomic mass is 32.2. The van der Waals surface area contributed by atoms with Crippen LogP contribution in [0.4, 0.5) is 0 Å². The summed E-state index contributed by atoms with van der Waals surface area (Å²) in [5, 5.41) is 3.27. The Morgan fingerprint density at radius 1 is 1.35 bits per heavy atom. The highest BCUT2D eigenvalue weighted by Crippen LogP contribution is 2.27. The van der Waals surface area contributed by atoms with Crippen molar-refractivity contribution in [2.45, 2.75) is 33.2 Å². The molecule has 1 aromatic carbocycles. The fourth-order valence-electron chi connectivity index (χ4n) is 2.14. The lowest BCUT2D eigenvalue weighted by Crippen LogP contribution is -2.25. The van der Waals surface area contributed by atoms with E-state index in [-0.39, 0.29) is 6.04 Å². The molecule has 1 rings (SSSR count). The van der Waals surface area contributed by atoms with E-state index in [0.717, 1.165) is 23.5 Å². The van der Waals surface area contributed by atoms with Gasteiger partial charge in [-0.15, -0.1) is 0 Å². The van der Waals surface area contributed by atoms with Crippen LogP contribution in [0.15, 0.2) is 18.2 Å². The molecule has 0 aliphatic rings. The van der Waals surface area contributed by atoms with Crippen LogP contribution in [0, 0.1) is 12.8 Å². The lowest BCUT2D eigenvalue weighted by atomic mass is 10.0. The van der Waals surface area contributed by atoms with Crippen LogP contribution in [-0.4, -0.2) is 29.9 Å². The number of aryl methyl sites for hydroxylation is 1. The summed E-state index contributed by atoms with van der Waals surface area (Å²) in [7, 11) is 2.77. The lowest BCUT2D eigenvalue weighted by molar-refractivity contribution is 0.404. The highest BCUT2D eigenvalue weighted by Gasteiger charge is 2.18. The van der Waals surface area contributed by atoms with Crippen LogP contribution in [0.5, 0.6) is 5.75 Å². The van der Waals surface area contributed by atoms with E-state index in [2.05, 4.69) is 32.2 Å². The SMILES string of the molecule is CCC(C)CS(=O)CC(NC)c1cc(C)ccc1OC. The molecule has 0 saturated carbocycles. The molecule has 0 amide bonds. The standard InChI is InChI=1S/C16H27NO2S/c1-6-12(2)10-20(18)11-15(17-4)14-9-13(3)7-8-16(14)19-5/h7-9,12,15,17H,6,10-11H2,1-5H3. The minimum absolute atomic E-state index is 0.0646. The Labute approximate surface area is 125 Å². The van der Waals surface area contributed by atoms with E-state index in [1.165, 1.54) is 5.56 Å². The van der Waals surface area contributed by atoms with Gasteiger partial charge in [0.15, 0.2) is 0 Å². The van der Waals surface area contributed by atoms with Crippen molar-refractivity contribution in [3.8, 4) is 5.75 Å². The highest BCUT2D eigenvalue weighted by molar-refractivity contribution is 7.85. The molecule has 0 radical (unpaired) electrons. The van der Waals surface area contributed by atoms with Crippen molar-refractivity contribution in [2.24, 2.45) is 5.92 Å². The van der Waals surface area contributed by atoms with Crippen molar-refractivity contribution in [1.29, 1.82) is 0 Å². The van der Waals surface area contributed by atoms with E-state index in [0.29, 0.717) is 11.7 Å². The van der Waals surface area contributed by atoms with Crippen molar-refractivity contribution >= 4 is 10.8 Å².